The number of amides is 3. The Labute approximate surface area is 161 Å². The molecule has 0 aromatic heterocycles. The fourth-order valence-electron chi connectivity index (χ4n) is 3.88. The van der Waals surface area contributed by atoms with Gasteiger partial charge in [0.1, 0.15) is 6.04 Å². The van der Waals surface area contributed by atoms with E-state index < -0.39 is 34.4 Å². The summed E-state index contributed by atoms with van der Waals surface area (Å²) in [5.74, 6) is -0.119. The van der Waals surface area contributed by atoms with Gasteiger partial charge in [0.2, 0.25) is 0 Å². The number of carbonyl (C=O) groups is 2. The molecule has 3 aliphatic rings. The largest absolute Gasteiger partial charge is 0.418 e. The number of rotatable bonds is 8. The molecule has 3 rings (SSSR count). The van der Waals surface area contributed by atoms with Crippen LogP contribution in [-0.2, 0) is 24.3 Å². The number of piperidine rings is 1. The van der Waals surface area contributed by atoms with Crippen LogP contribution in [0.5, 0.6) is 0 Å². The van der Waals surface area contributed by atoms with Gasteiger partial charge in [-0.3, -0.25) is 19.6 Å². The van der Waals surface area contributed by atoms with Gasteiger partial charge in [0.15, 0.2) is 0 Å². The quantitative estimate of drug-likeness (QED) is 0.132. The third-order valence-electron chi connectivity index (χ3n) is 5.08. The van der Waals surface area contributed by atoms with Crippen LogP contribution in [0.1, 0.15) is 25.7 Å². The van der Waals surface area contributed by atoms with Crippen molar-refractivity contribution in [3.8, 4) is 0 Å². The minimum atomic E-state index is -4.83. The average Bonchev–Trinajstić information content (AvgIpc) is 3.12. The highest BCUT2D eigenvalue weighted by Crippen LogP contribution is 2.30. The first-order valence-electron chi connectivity index (χ1n) is 8.89. The lowest BCUT2D eigenvalue weighted by Gasteiger charge is -2.29. The van der Waals surface area contributed by atoms with E-state index in [1.807, 2.05) is 0 Å². The van der Waals surface area contributed by atoms with Gasteiger partial charge in [0.05, 0.1) is 18.5 Å². The molecule has 13 nitrogen and oxygen atoms in total. The Balaban J connectivity index is 1.46. The topological polar surface area (TPSA) is 187 Å². The van der Waals surface area contributed by atoms with Crippen LogP contribution in [0.3, 0.4) is 0 Å². The second kappa shape index (κ2) is 8.16. The monoisotopic (exact) mass is 420 g/mol. The molecule has 6 N–H and O–H groups in total. The second-order valence-corrected chi connectivity index (χ2v) is 8.23. The lowest BCUT2D eigenvalue weighted by Crippen LogP contribution is -2.50. The predicted molar refractivity (Wildman–Crippen MR) is 93.9 cm³/mol. The van der Waals surface area contributed by atoms with E-state index in [0.717, 1.165) is 13.0 Å². The molecule has 3 aliphatic heterocycles. The Morgan fingerprint density at radius 3 is 2.86 bits per heavy atom. The van der Waals surface area contributed by atoms with Crippen molar-refractivity contribution >= 4 is 28.2 Å². The number of nitrogens with two attached hydrogens (primary N) is 1. The van der Waals surface area contributed by atoms with Gasteiger partial charge in [0, 0.05) is 19.0 Å². The zero-order valence-corrected chi connectivity index (χ0v) is 15.9. The van der Waals surface area contributed by atoms with E-state index in [-0.39, 0.29) is 30.9 Å². The summed E-state index contributed by atoms with van der Waals surface area (Å²) in [5, 5.41) is 11.1. The molecule has 3 saturated heterocycles. The van der Waals surface area contributed by atoms with Crippen molar-refractivity contribution in [2.24, 2.45) is 11.7 Å². The predicted octanol–water partition coefficient (Wildman–Crippen LogP) is -1.66. The van der Waals surface area contributed by atoms with Gasteiger partial charge in [0.25, 0.3) is 5.91 Å². The van der Waals surface area contributed by atoms with E-state index in [0.29, 0.717) is 24.3 Å². The summed E-state index contributed by atoms with van der Waals surface area (Å²) < 4.78 is 34.9. The van der Waals surface area contributed by atoms with Gasteiger partial charge in [-0.2, -0.15) is 13.5 Å². The van der Waals surface area contributed by atoms with Gasteiger partial charge in [-0.1, -0.05) is 0 Å². The Kier molecular flexibility index (Phi) is 6.04. The standard InChI is InChI=1S/C14H24N6O7S/c15-12(16)4-8-3-9(17-5-8)7-26-18-13(21)11-2-1-10-6-19(11)14(22)20(10)27-28(23,24)25/h8-11,17H,1-7H2,(H3,15,16)(H,18,21)(H,23,24,25)/t8-,9-,10+,11-/m0/s1. The van der Waals surface area contributed by atoms with Crippen molar-refractivity contribution in [3.05, 3.63) is 0 Å². The molecular formula is C14H24N6O7S. The fourth-order valence-corrected chi connectivity index (χ4v) is 4.27. The zero-order chi connectivity index (χ0) is 20.5. The smallest absolute Gasteiger partial charge is 0.388 e. The number of hydrogen-bond acceptors (Lipinski definition) is 8. The van der Waals surface area contributed by atoms with Crippen LogP contribution in [0.25, 0.3) is 0 Å². The highest BCUT2D eigenvalue weighted by molar-refractivity contribution is 7.80. The number of amidine groups is 1. The molecule has 0 aromatic rings. The number of fused-ring (bicyclic) bond motifs is 2. The molecule has 3 heterocycles. The summed E-state index contributed by atoms with van der Waals surface area (Å²) >= 11 is 0. The summed E-state index contributed by atoms with van der Waals surface area (Å²) in [6.45, 7) is 1.06. The van der Waals surface area contributed by atoms with Gasteiger partial charge < -0.3 is 16.0 Å². The maximum atomic E-state index is 12.4. The van der Waals surface area contributed by atoms with E-state index in [1.54, 1.807) is 0 Å². The maximum absolute atomic E-state index is 12.4. The van der Waals surface area contributed by atoms with Crippen molar-refractivity contribution in [1.29, 1.82) is 5.41 Å². The van der Waals surface area contributed by atoms with E-state index in [9.17, 15) is 18.0 Å². The lowest BCUT2D eigenvalue weighted by molar-refractivity contribution is -0.139. The van der Waals surface area contributed by atoms with Crippen LogP contribution in [0.15, 0.2) is 0 Å². The average molecular weight is 420 g/mol. The van der Waals surface area contributed by atoms with Gasteiger partial charge >= 0.3 is 16.4 Å². The Morgan fingerprint density at radius 2 is 2.18 bits per heavy atom. The minimum Gasteiger partial charge on any atom is -0.388 e. The molecule has 0 aliphatic carbocycles. The van der Waals surface area contributed by atoms with E-state index >= 15 is 0 Å². The van der Waals surface area contributed by atoms with Gasteiger partial charge in [-0.05, 0) is 31.7 Å². The molecule has 0 unspecified atom stereocenters. The van der Waals surface area contributed by atoms with Crippen LogP contribution in [-0.4, -0.2) is 78.5 Å². The molecule has 28 heavy (non-hydrogen) atoms. The molecular weight excluding hydrogens is 396 g/mol. The van der Waals surface area contributed by atoms with Crippen LogP contribution in [0.2, 0.25) is 0 Å². The number of nitrogens with one attached hydrogen (secondary N) is 3. The molecule has 0 aromatic carbocycles. The summed E-state index contributed by atoms with van der Waals surface area (Å²) in [7, 11) is -4.83. The summed E-state index contributed by atoms with van der Waals surface area (Å²) in [5.41, 5.74) is 7.73. The lowest BCUT2D eigenvalue weighted by atomic mass is 10.0. The Hall–Kier alpha value is -2.00. The van der Waals surface area contributed by atoms with E-state index in [1.165, 1.54) is 4.90 Å². The SMILES string of the molecule is N=C(N)C[C@H]1CN[C@H](CONC(=O)[C@@H]2CC[C@@H]3CN2C(=O)N3OS(=O)(=O)O)C1. The second-order valence-electron chi connectivity index (χ2n) is 7.22. The minimum absolute atomic E-state index is 0.0208. The molecule has 3 fully saturated rings. The molecule has 14 heteroatoms. The first-order chi connectivity index (χ1) is 13.1. The van der Waals surface area contributed by atoms with E-state index in [2.05, 4.69) is 15.1 Å². The van der Waals surface area contributed by atoms with Crippen LogP contribution in [0.4, 0.5) is 4.79 Å². The number of hydrogen-bond donors (Lipinski definition) is 5. The zero-order valence-electron chi connectivity index (χ0n) is 15.0. The molecule has 3 amide bonds. The molecule has 0 spiro atoms. The number of hydroxylamine groups is 3. The van der Waals surface area contributed by atoms with Gasteiger partial charge in [-0.15, -0.1) is 4.28 Å². The summed E-state index contributed by atoms with van der Waals surface area (Å²) in [6.07, 6.45) is 1.93. The van der Waals surface area contributed by atoms with Crippen LogP contribution < -0.4 is 16.5 Å². The number of carbonyl (C=O) groups excluding carboxylic acids is 2. The van der Waals surface area contributed by atoms with Crippen molar-refractivity contribution in [2.45, 2.75) is 43.8 Å². The van der Waals surface area contributed by atoms with Crippen molar-refractivity contribution in [2.75, 3.05) is 19.7 Å². The molecule has 0 radical (unpaired) electrons. The third-order valence-corrected chi connectivity index (χ3v) is 5.43. The van der Waals surface area contributed by atoms with Crippen LogP contribution >= 0.6 is 0 Å². The summed E-state index contributed by atoms with van der Waals surface area (Å²) in [4.78, 5) is 31.1. The van der Waals surface area contributed by atoms with Gasteiger partial charge in [-0.25, -0.2) is 10.3 Å². The first kappa shape index (κ1) is 20.7. The fraction of sp³-hybridized carbons (Fsp3) is 0.786. The van der Waals surface area contributed by atoms with Crippen molar-refractivity contribution in [3.63, 3.8) is 0 Å². The third kappa shape index (κ3) is 4.88. The highest BCUT2D eigenvalue weighted by Gasteiger charge is 2.49. The highest BCUT2D eigenvalue weighted by atomic mass is 32.3. The molecule has 2 bridgehead atoms. The molecule has 0 saturated carbocycles. The van der Waals surface area contributed by atoms with Crippen molar-refractivity contribution in [1.82, 2.24) is 20.8 Å². The normalized spacial score (nSPS) is 30.0. The van der Waals surface area contributed by atoms with Crippen molar-refractivity contribution < 1.29 is 31.7 Å². The first-order valence-corrected chi connectivity index (χ1v) is 10.3. The Morgan fingerprint density at radius 1 is 1.43 bits per heavy atom. The van der Waals surface area contributed by atoms with Crippen LogP contribution in [0, 0.1) is 11.3 Å². The number of urea groups is 1. The van der Waals surface area contributed by atoms with E-state index in [4.69, 9.17) is 20.5 Å². The molecule has 158 valence electrons. The summed E-state index contributed by atoms with van der Waals surface area (Å²) in [6, 6.07) is -2.15. The Bertz CT molecular complexity index is 746. The number of nitrogens with zero attached hydrogens (tertiary/aromatic N) is 2. The molecule has 4 atom stereocenters. The maximum Gasteiger partial charge on any atom is 0.418 e.